The molecule has 4 heteroatoms. The van der Waals surface area contributed by atoms with Crippen LogP contribution >= 0.6 is 7.60 Å². The molecule has 0 saturated heterocycles. The van der Waals surface area contributed by atoms with Crippen LogP contribution in [0.2, 0.25) is 0 Å². The molecule has 0 N–H and O–H groups in total. The summed E-state index contributed by atoms with van der Waals surface area (Å²) in [6.45, 7) is 9.71. The van der Waals surface area contributed by atoms with Gasteiger partial charge < -0.3 is 9.05 Å². The Morgan fingerprint density at radius 3 is 1.33 bits per heavy atom. The van der Waals surface area contributed by atoms with Crippen LogP contribution in [0.3, 0.4) is 0 Å². The van der Waals surface area contributed by atoms with Gasteiger partial charge in [-0.2, -0.15) is 0 Å². The Hall–Kier alpha value is 0.150. The molecule has 0 aromatic heterocycles. The molecule has 0 aliphatic rings. The quantitative estimate of drug-likeness (QED) is 0.592. The maximum Gasteiger partial charge on any atom is 0.328 e. The fourth-order valence-corrected chi connectivity index (χ4v) is 3.17. The molecule has 0 aromatic carbocycles. The van der Waals surface area contributed by atoms with Crippen molar-refractivity contribution in [2.24, 2.45) is 0 Å². The Morgan fingerprint density at radius 1 is 0.867 bits per heavy atom. The molecule has 0 atom stereocenters. The molecule has 0 aliphatic carbocycles. The van der Waals surface area contributed by atoms with Gasteiger partial charge in [0.05, 0.1) is 12.2 Å². The summed E-state index contributed by atoms with van der Waals surface area (Å²) in [7, 11) is -2.87. The molecule has 92 valence electrons. The molecule has 0 rings (SSSR count). The number of hydrogen-bond acceptors (Lipinski definition) is 3. The van der Waals surface area contributed by atoms with Gasteiger partial charge in [-0.15, -0.1) is 0 Å². The lowest BCUT2D eigenvalue weighted by molar-refractivity contribution is 0.108. The lowest BCUT2D eigenvalue weighted by Gasteiger charge is -2.24. The first-order valence-electron chi connectivity index (χ1n) is 5.93. The summed E-state index contributed by atoms with van der Waals surface area (Å²) in [5.74, 6) is 0. The SMILES string of the molecule is CCC(CC)OP(C)(=O)OC(CC)CC. The number of hydrogen-bond donors (Lipinski definition) is 0. The van der Waals surface area contributed by atoms with Crippen LogP contribution < -0.4 is 0 Å². The summed E-state index contributed by atoms with van der Waals surface area (Å²) in [6.07, 6.45) is 3.60. The highest BCUT2D eigenvalue weighted by Gasteiger charge is 2.24. The third-order valence-electron chi connectivity index (χ3n) is 2.50. The van der Waals surface area contributed by atoms with Gasteiger partial charge >= 0.3 is 7.60 Å². The monoisotopic (exact) mass is 236 g/mol. The summed E-state index contributed by atoms with van der Waals surface area (Å²) >= 11 is 0. The molecule has 0 bridgehead atoms. The maximum atomic E-state index is 12.0. The minimum atomic E-state index is -2.87. The van der Waals surface area contributed by atoms with E-state index in [4.69, 9.17) is 9.05 Å². The van der Waals surface area contributed by atoms with Gasteiger partial charge in [-0.3, -0.25) is 4.57 Å². The van der Waals surface area contributed by atoms with Crippen molar-refractivity contribution in [3.63, 3.8) is 0 Å². The van der Waals surface area contributed by atoms with E-state index in [0.29, 0.717) is 0 Å². The van der Waals surface area contributed by atoms with Crippen LogP contribution in [0.5, 0.6) is 0 Å². The van der Waals surface area contributed by atoms with E-state index in [1.54, 1.807) is 6.66 Å². The lowest BCUT2D eigenvalue weighted by atomic mass is 10.2. The first kappa shape index (κ1) is 15.2. The largest absolute Gasteiger partial charge is 0.328 e. The van der Waals surface area contributed by atoms with Crippen molar-refractivity contribution in [3.05, 3.63) is 0 Å². The zero-order valence-corrected chi connectivity index (χ0v) is 11.5. The minimum Gasteiger partial charge on any atom is -0.305 e. The van der Waals surface area contributed by atoms with Gasteiger partial charge in [-0.05, 0) is 25.7 Å². The summed E-state index contributed by atoms with van der Waals surface area (Å²) in [4.78, 5) is 0. The van der Waals surface area contributed by atoms with Crippen LogP contribution in [-0.4, -0.2) is 18.9 Å². The van der Waals surface area contributed by atoms with E-state index in [9.17, 15) is 4.57 Å². The summed E-state index contributed by atoms with van der Waals surface area (Å²) in [5.41, 5.74) is 0. The van der Waals surface area contributed by atoms with E-state index >= 15 is 0 Å². The Balaban J connectivity index is 4.21. The van der Waals surface area contributed by atoms with Gasteiger partial charge in [0.25, 0.3) is 0 Å². The highest BCUT2D eigenvalue weighted by atomic mass is 31.2. The van der Waals surface area contributed by atoms with Crippen molar-refractivity contribution < 1.29 is 13.6 Å². The highest BCUT2D eigenvalue weighted by Crippen LogP contribution is 2.48. The molecular weight excluding hydrogens is 211 g/mol. The molecule has 15 heavy (non-hydrogen) atoms. The topological polar surface area (TPSA) is 35.5 Å². The van der Waals surface area contributed by atoms with Crippen molar-refractivity contribution in [2.75, 3.05) is 6.66 Å². The molecule has 0 fully saturated rings. The number of rotatable bonds is 8. The second-order valence-electron chi connectivity index (χ2n) is 3.86. The van der Waals surface area contributed by atoms with Crippen molar-refractivity contribution in [2.45, 2.75) is 65.6 Å². The molecule has 0 radical (unpaired) electrons. The average molecular weight is 236 g/mol. The Bertz CT molecular complexity index is 180. The minimum absolute atomic E-state index is 0.0511. The van der Waals surface area contributed by atoms with Crippen LogP contribution in [0.25, 0.3) is 0 Å². The van der Waals surface area contributed by atoms with Gasteiger partial charge in [-0.1, -0.05) is 27.7 Å². The first-order valence-corrected chi connectivity index (χ1v) is 7.92. The molecule has 0 unspecified atom stereocenters. The third-order valence-corrected chi connectivity index (χ3v) is 3.86. The summed E-state index contributed by atoms with van der Waals surface area (Å²) in [6, 6.07) is 0. The van der Waals surface area contributed by atoms with Crippen LogP contribution in [0.15, 0.2) is 0 Å². The zero-order chi connectivity index (χ0) is 11.9. The summed E-state index contributed by atoms with van der Waals surface area (Å²) in [5, 5.41) is 0. The van der Waals surface area contributed by atoms with E-state index in [2.05, 4.69) is 0 Å². The molecule has 0 amide bonds. The Labute approximate surface area is 94.1 Å². The maximum absolute atomic E-state index is 12.0. The first-order chi connectivity index (χ1) is 6.99. The van der Waals surface area contributed by atoms with Crippen LogP contribution in [0.4, 0.5) is 0 Å². The van der Waals surface area contributed by atoms with Crippen LogP contribution in [-0.2, 0) is 13.6 Å². The molecule has 0 heterocycles. The Morgan fingerprint density at radius 2 is 1.13 bits per heavy atom. The predicted molar refractivity (Wildman–Crippen MR) is 64.4 cm³/mol. The van der Waals surface area contributed by atoms with E-state index in [-0.39, 0.29) is 12.2 Å². The van der Waals surface area contributed by atoms with E-state index in [1.165, 1.54) is 0 Å². The zero-order valence-electron chi connectivity index (χ0n) is 10.7. The molecule has 0 saturated carbocycles. The van der Waals surface area contributed by atoms with Crippen molar-refractivity contribution in [1.82, 2.24) is 0 Å². The van der Waals surface area contributed by atoms with Crippen LogP contribution in [0.1, 0.15) is 53.4 Å². The van der Waals surface area contributed by atoms with Crippen molar-refractivity contribution in [3.8, 4) is 0 Å². The van der Waals surface area contributed by atoms with Crippen LogP contribution in [0, 0.1) is 0 Å². The molecule has 0 aliphatic heterocycles. The predicted octanol–water partition coefficient (Wildman–Crippen LogP) is 4.22. The van der Waals surface area contributed by atoms with E-state index in [0.717, 1.165) is 25.7 Å². The normalized spacial score (nSPS) is 12.7. The van der Waals surface area contributed by atoms with E-state index in [1.807, 2.05) is 27.7 Å². The smallest absolute Gasteiger partial charge is 0.305 e. The van der Waals surface area contributed by atoms with Gasteiger partial charge in [-0.25, -0.2) is 0 Å². The lowest BCUT2D eigenvalue weighted by Crippen LogP contribution is -2.14. The van der Waals surface area contributed by atoms with E-state index < -0.39 is 7.60 Å². The average Bonchev–Trinajstić information content (AvgIpc) is 2.22. The van der Waals surface area contributed by atoms with Crippen molar-refractivity contribution in [1.29, 1.82) is 0 Å². The third kappa shape index (κ3) is 6.34. The fourth-order valence-electron chi connectivity index (χ4n) is 1.44. The Kier molecular flexibility index (Phi) is 7.50. The van der Waals surface area contributed by atoms with Crippen molar-refractivity contribution >= 4 is 7.60 Å². The molecule has 0 aromatic rings. The molecular formula is C11H25O3P. The second-order valence-corrected chi connectivity index (χ2v) is 5.82. The summed E-state index contributed by atoms with van der Waals surface area (Å²) < 4.78 is 23.0. The fraction of sp³-hybridized carbons (Fsp3) is 1.00. The highest BCUT2D eigenvalue weighted by molar-refractivity contribution is 7.53. The second kappa shape index (κ2) is 7.43. The van der Waals surface area contributed by atoms with Gasteiger partial charge in [0.2, 0.25) is 0 Å². The molecule has 3 nitrogen and oxygen atoms in total. The standard InChI is InChI=1S/C11H25O3P/c1-6-10(7-2)13-15(5,12)14-11(8-3)9-4/h10-11H,6-9H2,1-5H3. The van der Waals surface area contributed by atoms with Gasteiger partial charge in [0.15, 0.2) is 0 Å². The molecule has 0 spiro atoms. The van der Waals surface area contributed by atoms with Gasteiger partial charge in [0.1, 0.15) is 0 Å². The van der Waals surface area contributed by atoms with Gasteiger partial charge in [0, 0.05) is 6.66 Å².